The predicted octanol–water partition coefficient (Wildman–Crippen LogP) is 3.76. The van der Waals surface area contributed by atoms with Crippen molar-refractivity contribution < 1.29 is 0 Å². The van der Waals surface area contributed by atoms with Crippen LogP contribution in [0.3, 0.4) is 0 Å². The monoisotopic (exact) mass is 268 g/mol. The molecule has 3 heteroatoms. The number of rotatable bonds is 3. The van der Waals surface area contributed by atoms with Gasteiger partial charge in [0.1, 0.15) is 0 Å². The number of hydrogen-bond acceptors (Lipinski definition) is 3. The summed E-state index contributed by atoms with van der Waals surface area (Å²) in [6.45, 7) is 2.10. The number of thiophene rings is 1. The quantitative estimate of drug-likeness (QED) is 0.560. The molecule has 3 aromatic rings. The number of nitrogens with one attached hydrogen (secondary N) is 1. The van der Waals surface area contributed by atoms with E-state index in [0.29, 0.717) is 0 Å². The van der Waals surface area contributed by atoms with Crippen LogP contribution in [0.1, 0.15) is 22.0 Å². The van der Waals surface area contributed by atoms with Crippen LogP contribution in [-0.2, 0) is 0 Å². The van der Waals surface area contributed by atoms with Gasteiger partial charge in [0.15, 0.2) is 0 Å². The van der Waals surface area contributed by atoms with E-state index in [2.05, 4.69) is 66.9 Å². The summed E-state index contributed by atoms with van der Waals surface area (Å²) in [4.78, 5) is 1.24. The molecule has 2 aromatic carbocycles. The lowest BCUT2D eigenvalue weighted by Crippen LogP contribution is -2.28. The second-order valence-electron chi connectivity index (χ2n) is 4.70. The maximum atomic E-state index is 5.77. The molecule has 1 unspecified atom stereocenters. The van der Waals surface area contributed by atoms with Crippen LogP contribution < -0.4 is 11.3 Å². The summed E-state index contributed by atoms with van der Waals surface area (Å²) in [5.74, 6) is 5.77. The van der Waals surface area contributed by atoms with Gasteiger partial charge in [-0.1, -0.05) is 48.0 Å². The zero-order valence-electron chi connectivity index (χ0n) is 10.8. The third kappa shape index (κ3) is 2.40. The number of nitrogens with two attached hydrogens (primary N) is 1. The van der Waals surface area contributed by atoms with Crippen molar-refractivity contribution in [2.24, 2.45) is 5.84 Å². The van der Waals surface area contributed by atoms with Crippen molar-refractivity contribution in [1.29, 1.82) is 0 Å². The molecule has 0 saturated heterocycles. The van der Waals surface area contributed by atoms with E-state index < -0.39 is 0 Å². The molecular formula is C16H16N2S. The minimum atomic E-state index is 0.0531. The van der Waals surface area contributed by atoms with Crippen molar-refractivity contribution in [1.82, 2.24) is 5.43 Å². The first-order chi connectivity index (χ1) is 9.28. The van der Waals surface area contributed by atoms with Gasteiger partial charge in [-0.25, -0.2) is 5.43 Å². The van der Waals surface area contributed by atoms with Gasteiger partial charge in [0.2, 0.25) is 0 Å². The van der Waals surface area contributed by atoms with Gasteiger partial charge in [0.05, 0.1) is 6.04 Å². The third-order valence-corrected chi connectivity index (χ3v) is 4.45. The van der Waals surface area contributed by atoms with Gasteiger partial charge < -0.3 is 0 Å². The number of aryl methyl sites for hydroxylation is 1. The zero-order chi connectivity index (χ0) is 13.2. The highest BCUT2D eigenvalue weighted by Crippen LogP contribution is 2.32. The summed E-state index contributed by atoms with van der Waals surface area (Å²) in [6, 6.07) is 19.1. The number of hydrogen-bond donors (Lipinski definition) is 2. The van der Waals surface area contributed by atoms with Crippen LogP contribution in [-0.4, -0.2) is 0 Å². The van der Waals surface area contributed by atoms with E-state index in [4.69, 9.17) is 5.84 Å². The molecule has 0 radical (unpaired) electrons. The lowest BCUT2D eigenvalue weighted by Gasteiger charge is -2.15. The van der Waals surface area contributed by atoms with E-state index in [1.54, 1.807) is 11.3 Å². The van der Waals surface area contributed by atoms with Crippen LogP contribution in [0.25, 0.3) is 10.1 Å². The SMILES string of the molecule is Cc1cccc(C(NN)c2cc3ccccc3s2)c1. The van der Waals surface area contributed by atoms with Crippen LogP contribution in [0, 0.1) is 6.92 Å². The van der Waals surface area contributed by atoms with E-state index in [1.165, 1.54) is 26.1 Å². The van der Waals surface area contributed by atoms with Crippen molar-refractivity contribution in [3.8, 4) is 0 Å². The van der Waals surface area contributed by atoms with Gasteiger partial charge in [0.25, 0.3) is 0 Å². The Morgan fingerprint density at radius 1 is 1.05 bits per heavy atom. The standard InChI is InChI=1S/C16H16N2S/c1-11-5-4-7-13(9-11)16(18-17)15-10-12-6-2-3-8-14(12)19-15/h2-10,16,18H,17H2,1H3. The maximum Gasteiger partial charge on any atom is 0.0803 e. The summed E-state index contributed by atoms with van der Waals surface area (Å²) in [5.41, 5.74) is 5.39. The largest absolute Gasteiger partial charge is 0.271 e. The van der Waals surface area contributed by atoms with Gasteiger partial charge in [-0.15, -0.1) is 11.3 Å². The molecule has 96 valence electrons. The van der Waals surface area contributed by atoms with Crippen LogP contribution in [0.5, 0.6) is 0 Å². The van der Waals surface area contributed by atoms with E-state index in [0.717, 1.165) is 0 Å². The highest BCUT2D eigenvalue weighted by atomic mass is 32.1. The van der Waals surface area contributed by atoms with Crippen LogP contribution in [0.4, 0.5) is 0 Å². The Morgan fingerprint density at radius 2 is 1.89 bits per heavy atom. The Labute approximate surface area is 116 Å². The summed E-state index contributed by atoms with van der Waals surface area (Å²) < 4.78 is 1.30. The first-order valence-corrected chi connectivity index (χ1v) is 7.11. The van der Waals surface area contributed by atoms with Crippen LogP contribution >= 0.6 is 11.3 Å². The van der Waals surface area contributed by atoms with Crippen LogP contribution in [0.15, 0.2) is 54.6 Å². The molecule has 0 aliphatic carbocycles. The lowest BCUT2D eigenvalue weighted by molar-refractivity contribution is 0.646. The molecule has 19 heavy (non-hydrogen) atoms. The Hall–Kier alpha value is -1.68. The van der Waals surface area contributed by atoms with Crippen LogP contribution in [0.2, 0.25) is 0 Å². The van der Waals surface area contributed by atoms with Crippen molar-refractivity contribution in [3.05, 3.63) is 70.6 Å². The van der Waals surface area contributed by atoms with Crippen molar-refractivity contribution in [2.75, 3.05) is 0 Å². The number of benzene rings is 2. The Kier molecular flexibility index (Phi) is 3.34. The fourth-order valence-electron chi connectivity index (χ4n) is 2.34. The summed E-state index contributed by atoms with van der Waals surface area (Å²) in [7, 11) is 0. The molecule has 3 N–H and O–H groups in total. The lowest BCUT2D eigenvalue weighted by atomic mass is 10.0. The molecule has 0 amide bonds. The van der Waals surface area contributed by atoms with E-state index in [9.17, 15) is 0 Å². The normalized spacial score (nSPS) is 12.7. The fourth-order valence-corrected chi connectivity index (χ4v) is 3.49. The van der Waals surface area contributed by atoms with Gasteiger partial charge in [-0.2, -0.15) is 0 Å². The molecule has 0 aliphatic rings. The number of fused-ring (bicyclic) bond motifs is 1. The second-order valence-corrected chi connectivity index (χ2v) is 5.82. The molecule has 0 saturated carbocycles. The van der Waals surface area contributed by atoms with Crippen molar-refractivity contribution >= 4 is 21.4 Å². The van der Waals surface area contributed by atoms with E-state index in [-0.39, 0.29) is 6.04 Å². The molecule has 2 nitrogen and oxygen atoms in total. The Morgan fingerprint density at radius 3 is 2.63 bits per heavy atom. The Bertz CT molecular complexity index is 670. The smallest absolute Gasteiger partial charge is 0.0803 e. The maximum absolute atomic E-state index is 5.77. The molecular weight excluding hydrogens is 252 g/mol. The topological polar surface area (TPSA) is 38.0 Å². The van der Waals surface area contributed by atoms with Gasteiger partial charge in [-0.05, 0) is 30.0 Å². The zero-order valence-corrected chi connectivity index (χ0v) is 11.6. The fraction of sp³-hybridized carbons (Fsp3) is 0.125. The third-order valence-electron chi connectivity index (χ3n) is 3.27. The summed E-state index contributed by atoms with van der Waals surface area (Å²) in [6.07, 6.45) is 0. The first-order valence-electron chi connectivity index (χ1n) is 6.29. The average Bonchev–Trinajstić information content (AvgIpc) is 2.83. The van der Waals surface area contributed by atoms with Gasteiger partial charge in [-0.3, -0.25) is 5.84 Å². The molecule has 3 rings (SSSR count). The minimum absolute atomic E-state index is 0.0531. The first kappa shape index (κ1) is 12.4. The predicted molar refractivity (Wildman–Crippen MR) is 82.2 cm³/mol. The van der Waals surface area contributed by atoms with Crippen molar-refractivity contribution in [3.63, 3.8) is 0 Å². The van der Waals surface area contributed by atoms with Crippen molar-refractivity contribution in [2.45, 2.75) is 13.0 Å². The molecule has 0 spiro atoms. The van der Waals surface area contributed by atoms with E-state index in [1.807, 2.05) is 0 Å². The highest BCUT2D eigenvalue weighted by molar-refractivity contribution is 7.19. The highest BCUT2D eigenvalue weighted by Gasteiger charge is 2.15. The second kappa shape index (κ2) is 5.13. The van der Waals surface area contributed by atoms with Gasteiger partial charge in [0, 0.05) is 9.58 Å². The van der Waals surface area contributed by atoms with E-state index >= 15 is 0 Å². The Balaban J connectivity index is 2.06. The van der Waals surface area contributed by atoms with Gasteiger partial charge >= 0.3 is 0 Å². The molecule has 0 aliphatic heterocycles. The number of hydrazine groups is 1. The summed E-state index contributed by atoms with van der Waals surface area (Å²) in [5, 5.41) is 1.27. The molecule has 0 bridgehead atoms. The molecule has 0 fully saturated rings. The molecule has 1 heterocycles. The average molecular weight is 268 g/mol. The molecule has 1 aromatic heterocycles. The molecule has 1 atom stereocenters. The summed E-state index contributed by atoms with van der Waals surface area (Å²) >= 11 is 1.79. The minimum Gasteiger partial charge on any atom is -0.271 e.